The van der Waals surface area contributed by atoms with Crippen LogP contribution in [-0.2, 0) is 0 Å². The van der Waals surface area contributed by atoms with E-state index in [0.29, 0.717) is 11.1 Å². The first-order chi connectivity index (χ1) is 5.77. The third kappa shape index (κ3) is 1.28. The Bertz CT molecular complexity index is 297. The lowest BCUT2D eigenvalue weighted by Gasteiger charge is -2.28. The summed E-state index contributed by atoms with van der Waals surface area (Å²) in [5, 5.41) is 12.9. The Kier molecular flexibility index (Phi) is 1.95. The van der Waals surface area contributed by atoms with E-state index in [4.69, 9.17) is 16.7 Å². The summed E-state index contributed by atoms with van der Waals surface area (Å²) in [4.78, 5) is 0. The molecule has 64 valence electrons. The Hall–Kier alpha value is -0.730. The van der Waals surface area contributed by atoms with Crippen molar-refractivity contribution in [1.29, 1.82) is 0 Å². The SMILES string of the molecule is Oc1ccc([C@H]2CCN2)cc1Cl. The van der Waals surface area contributed by atoms with Gasteiger partial charge in [0.25, 0.3) is 0 Å². The largest absolute Gasteiger partial charge is 0.506 e. The standard InChI is InChI=1S/C9H10ClNO/c10-7-5-6(1-2-9(7)12)8-3-4-11-8/h1-2,5,8,11-12H,3-4H2/t8-/m1/s1. The molecule has 2 N–H and O–H groups in total. The highest BCUT2D eigenvalue weighted by Gasteiger charge is 2.18. The summed E-state index contributed by atoms with van der Waals surface area (Å²) in [6.45, 7) is 1.07. The maximum absolute atomic E-state index is 9.16. The van der Waals surface area contributed by atoms with Crippen molar-refractivity contribution in [2.45, 2.75) is 12.5 Å². The van der Waals surface area contributed by atoms with Crippen molar-refractivity contribution in [3.8, 4) is 5.75 Å². The number of nitrogens with one attached hydrogen (secondary N) is 1. The zero-order valence-corrected chi connectivity index (χ0v) is 7.30. The fourth-order valence-electron chi connectivity index (χ4n) is 1.31. The molecule has 0 saturated carbocycles. The average Bonchev–Trinajstić information content (AvgIpc) is 1.93. The van der Waals surface area contributed by atoms with Crippen LogP contribution in [-0.4, -0.2) is 11.7 Å². The second-order valence-corrected chi connectivity index (χ2v) is 3.41. The van der Waals surface area contributed by atoms with Gasteiger partial charge in [-0.15, -0.1) is 0 Å². The lowest BCUT2D eigenvalue weighted by molar-refractivity contribution is 0.382. The summed E-state index contributed by atoms with van der Waals surface area (Å²) in [6.07, 6.45) is 1.15. The van der Waals surface area contributed by atoms with Gasteiger partial charge in [-0.05, 0) is 30.7 Å². The summed E-state index contributed by atoms with van der Waals surface area (Å²) in [5.41, 5.74) is 1.16. The van der Waals surface area contributed by atoms with Crippen molar-refractivity contribution in [1.82, 2.24) is 5.32 Å². The molecule has 1 saturated heterocycles. The van der Waals surface area contributed by atoms with E-state index in [1.165, 1.54) is 0 Å². The summed E-state index contributed by atoms with van der Waals surface area (Å²) < 4.78 is 0. The van der Waals surface area contributed by atoms with Gasteiger partial charge in [0, 0.05) is 6.04 Å². The molecule has 1 aromatic carbocycles. The maximum Gasteiger partial charge on any atom is 0.134 e. The van der Waals surface area contributed by atoms with Crippen molar-refractivity contribution < 1.29 is 5.11 Å². The van der Waals surface area contributed by atoms with E-state index >= 15 is 0 Å². The highest BCUT2D eigenvalue weighted by Crippen LogP contribution is 2.29. The van der Waals surface area contributed by atoms with Gasteiger partial charge in [-0.1, -0.05) is 17.7 Å². The van der Waals surface area contributed by atoms with Crippen LogP contribution in [0.4, 0.5) is 0 Å². The summed E-state index contributed by atoms with van der Waals surface area (Å²) in [5.74, 6) is 0.153. The Labute approximate surface area is 76.2 Å². The zero-order chi connectivity index (χ0) is 8.55. The first-order valence-corrected chi connectivity index (χ1v) is 4.37. The Balaban J connectivity index is 2.27. The minimum atomic E-state index is 0.153. The minimum Gasteiger partial charge on any atom is -0.506 e. The second-order valence-electron chi connectivity index (χ2n) is 3.01. The molecule has 2 rings (SSSR count). The van der Waals surface area contributed by atoms with Crippen LogP contribution < -0.4 is 5.32 Å². The summed E-state index contributed by atoms with van der Waals surface area (Å²) >= 11 is 5.76. The minimum absolute atomic E-state index is 0.153. The van der Waals surface area contributed by atoms with Gasteiger partial charge in [-0.3, -0.25) is 0 Å². The summed E-state index contributed by atoms with van der Waals surface area (Å²) in [7, 11) is 0. The zero-order valence-electron chi connectivity index (χ0n) is 6.55. The van der Waals surface area contributed by atoms with Crippen molar-refractivity contribution >= 4 is 11.6 Å². The Morgan fingerprint density at radius 1 is 1.50 bits per heavy atom. The Morgan fingerprint density at radius 2 is 2.25 bits per heavy atom. The van der Waals surface area contributed by atoms with Crippen molar-refractivity contribution in [2.24, 2.45) is 0 Å². The van der Waals surface area contributed by atoms with Gasteiger partial charge in [0.15, 0.2) is 0 Å². The molecule has 3 heteroatoms. The van der Waals surface area contributed by atoms with E-state index in [9.17, 15) is 0 Å². The highest BCUT2D eigenvalue weighted by atomic mass is 35.5. The van der Waals surface area contributed by atoms with E-state index in [-0.39, 0.29) is 5.75 Å². The maximum atomic E-state index is 9.16. The molecular formula is C9H10ClNO. The number of phenols is 1. The lowest BCUT2D eigenvalue weighted by atomic mass is 9.98. The van der Waals surface area contributed by atoms with E-state index in [1.54, 1.807) is 6.07 Å². The summed E-state index contributed by atoms with van der Waals surface area (Å²) in [6, 6.07) is 5.78. The fourth-order valence-corrected chi connectivity index (χ4v) is 1.50. The fraction of sp³-hybridized carbons (Fsp3) is 0.333. The van der Waals surface area contributed by atoms with Crippen LogP contribution in [0, 0.1) is 0 Å². The average molecular weight is 184 g/mol. The number of phenolic OH excluding ortho intramolecular Hbond substituents is 1. The number of hydrogen-bond acceptors (Lipinski definition) is 2. The van der Waals surface area contributed by atoms with Crippen molar-refractivity contribution in [3.05, 3.63) is 28.8 Å². The molecule has 0 aromatic heterocycles. The van der Waals surface area contributed by atoms with Crippen molar-refractivity contribution in [3.63, 3.8) is 0 Å². The third-order valence-corrected chi connectivity index (χ3v) is 2.50. The predicted molar refractivity (Wildman–Crippen MR) is 48.5 cm³/mol. The number of hydrogen-bond donors (Lipinski definition) is 2. The molecule has 0 spiro atoms. The quantitative estimate of drug-likeness (QED) is 0.699. The first kappa shape index (κ1) is 7.90. The number of aromatic hydroxyl groups is 1. The molecule has 1 aromatic rings. The molecule has 0 aliphatic carbocycles. The van der Waals surface area contributed by atoms with Crippen molar-refractivity contribution in [2.75, 3.05) is 6.54 Å². The predicted octanol–water partition coefficient (Wildman–Crippen LogP) is 2.08. The van der Waals surface area contributed by atoms with E-state index in [0.717, 1.165) is 18.5 Å². The van der Waals surface area contributed by atoms with E-state index in [2.05, 4.69) is 5.32 Å². The van der Waals surface area contributed by atoms with Crippen LogP contribution in [0.25, 0.3) is 0 Å². The third-order valence-electron chi connectivity index (χ3n) is 2.20. The van der Waals surface area contributed by atoms with Gasteiger partial charge < -0.3 is 10.4 Å². The molecule has 0 amide bonds. The molecule has 1 aliphatic heterocycles. The molecule has 0 radical (unpaired) electrons. The van der Waals surface area contributed by atoms with Gasteiger partial charge in [-0.25, -0.2) is 0 Å². The van der Waals surface area contributed by atoms with Crippen LogP contribution in [0.2, 0.25) is 5.02 Å². The topological polar surface area (TPSA) is 32.3 Å². The molecule has 0 bridgehead atoms. The molecule has 1 aliphatic rings. The molecule has 1 heterocycles. The van der Waals surface area contributed by atoms with Crippen LogP contribution in [0.3, 0.4) is 0 Å². The van der Waals surface area contributed by atoms with Crippen LogP contribution >= 0.6 is 11.6 Å². The highest BCUT2D eigenvalue weighted by molar-refractivity contribution is 6.32. The molecule has 0 unspecified atom stereocenters. The first-order valence-electron chi connectivity index (χ1n) is 3.99. The van der Waals surface area contributed by atoms with Crippen LogP contribution in [0.15, 0.2) is 18.2 Å². The van der Waals surface area contributed by atoms with Gasteiger partial charge in [0.2, 0.25) is 0 Å². The second kappa shape index (κ2) is 2.96. The molecule has 2 nitrogen and oxygen atoms in total. The van der Waals surface area contributed by atoms with Gasteiger partial charge >= 0.3 is 0 Å². The van der Waals surface area contributed by atoms with Gasteiger partial charge in [-0.2, -0.15) is 0 Å². The molecule has 1 fully saturated rings. The van der Waals surface area contributed by atoms with E-state index < -0.39 is 0 Å². The van der Waals surface area contributed by atoms with Crippen LogP contribution in [0.5, 0.6) is 5.75 Å². The number of rotatable bonds is 1. The van der Waals surface area contributed by atoms with E-state index in [1.807, 2.05) is 12.1 Å². The molecule has 1 atom stereocenters. The molecular weight excluding hydrogens is 174 g/mol. The smallest absolute Gasteiger partial charge is 0.134 e. The van der Waals surface area contributed by atoms with Gasteiger partial charge in [0.05, 0.1) is 5.02 Å². The van der Waals surface area contributed by atoms with Crippen LogP contribution in [0.1, 0.15) is 18.0 Å². The number of halogens is 1. The normalized spacial score (nSPS) is 21.9. The monoisotopic (exact) mass is 183 g/mol. The Morgan fingerprint density at radius 3 is 2.75 bits per heavy atom. The number of benzene rings is 1. The molecule has 12 heavy (non-hydrogen) atoms. The lowest BCUT2D eigenvalue weighted by Crippen LogP contribution is -2.34. The van der Waals surface area contributed by atoms with Gasteiger partial charge in [0.1, 0.15) is 5.75 Å².